The first-order valence-electron chi connectivity index (χ1n) is 6.32. The Bertz CT molecular complexity index is 536. The molecule has 1 unspecified atom stereocenters. The summed E-state index contributed by atoms with van der Waals surface area (Å²) >= 11 is 0. The van der Waals surface area contributed by atoms with Crippen molar-refractivity contribution in [2.45, 2.75) is 42.9 Å². The van der Waals surface area contributed by atoms with Gasteiger partial charge >= 0.3 is 0 Å². The van der Waals surface area contributed by atoms with E-state index in [1.54, 1.807) is 0 Å². The number of benzene rings is 1. The van der Waals surface area contributed by atoms with E-state index in [2.05, 4.69) is 5.32 Å². The number of nitrogens with two attached hydrogens (primary N) is 1. The zero-order chi connectivity index (χ0) is 13.9. The van der Waals surface area contributed by atoms with Crippen LogP contribution >= 0.6 is 0 Å². The van der Waals surface area contributed by atoms with Gasteiger partial charge in [-0.15, -0.1) is 0 Å². The minimum absolute atomic E-state index is 0.169. The van der Waals surface area contributed by atoms with E-state index in [0.717, 1.165) is 13.0 Å². The van der Waals surface area contributed by atoms with Gasteiger partial charge in [-0.25, -0.2) is 8.78 Å². The van der Waals surface area contributed by atoms with Crippen LogP contribution in [0.3, 0.4) is 0 Å². The molecule has 1 atom stereocenters. The summed E-state index contributed by atoms with van der Waals surface area (Å²) in [6.45, 7) is 1.09. The molecule has 102 valence electrons. The van der Waals surface area contributed by atoms with Gasteiger partial charge in [-0.05, 0) is 32.3 Å². The van der Waals surface area contributed by atoms with Gasteiger partial charge in [0.15, 0.2) is 0 Å². The van der Waals surface area contributed by atoms with Gasteiger partial charge in [0.05, 0.1) is 0 Å². The van der Waals surface area contributed by atoms with Crippen LogP contribution in [0, 0.1) is 5.82 Å². The average Bonchev–Trinajstić information content (AvgIpc) is 2.25. The number of halogens is 2. The maximum Gasteiger partial charge on any atom is 0.262 e. The summed E-state index contributed by atoms with van der Waals surface area (Å²) in [6, 6.07) is 5.42. The maximum absolute atomic E-state index is 14.6. The molecule has 0 aliphatic heterocycles. The van der Waals surface area contributed by atoms with Gasteiger partial charge in [-0.2, -0.15) is 0 Å². The second kappa shape index (κ2) is 3.54. The topological polar surface area (TPSA) is 55.1 Å². The summed E-state index contributed by atoms with van der Waals surface area (Å²) < 4.78 is 28.2. The quantitative estimate of drug-likeness (QED) is 0.876. The van der Waals surface area contributed by atoms with E-state index >= 15 is 0 Å². The van der Waals surface area contributed by atoms with Gasteiger partial charge in [-0.3, -0.25) is 4.79 Å². The van der Waals surface area contributed by atoms with Gasteiger partial charge in [0.1, 0.15) is 5.82 Å². The number of carbonyl (C=O) groups is 1. The van der Waals surface area contributed by atoms with Crippen molar-refractivity contribution < 1.29 is 13.6 Å². The minimum Gasteiger partial charge on any atom is -0.347 e. The molecule has 0 spiro atoms. The Kier molecular flexibility index (Phi) is 2.33. The van der Waals surface area contributed by atoms with Gasteiger partial charge < -0.3 is 11.1 Å². The Morgan fingerprint density at radius 1 is 1.37 bits per heavy atom. The molecule has 19 heavy (non-hydrogen) atoms. The number of rotatable bonds is 3. The van der Waals surface area contributed by atoms with E-state index in [-0.39, 0.29) is 16.6 Å². The molecule has 0 saturated heterocycles. The van der Waals surface area contributed by atoms with E-state index < -0.39 is 17.4 Å². The SMILES string of the molecule is CC(F)(C(=O)NC12CC(N)(C1)C2)c1ccccc1F. The number of amides is 1. The van der Waals surface area contributed by atoms with Crippen molar-refractivity contribution in [1.29, 1.82) is 0 Å². The van der Waals surface area contributed by atoms with Gasteiger partial charge in [-0.1, -0.05) is 18.2 Å². The molecule has 0 aromatic heterocycles. The molecule has 0 radical (unpaired) electrons. The fraction of sp³-hybridized carbons (Fsp3) is 0.500. The fourth-order valence-corrected chi connectivity index (χ4v) is 3.32. The van der Waals surface area contributed by atoms with Crippen LogP contribution in [0.25, 0.3) is 0 Å². The first-order chi connectivity index (χ1) is 8.77. The van der Waals surface area contributed by atoms with Gasteiger partial charge in [0.25, 0.3) is 5.91 Å². The first-order valence-corrected chi connectivity index (χ1v) is 6.32. The Hall–Kier alpha value is -1.49. The molecule has 3 N–H and O–H groups in total. The van der Waals surface area contributed by atoms with Crippen molar-refractivity contribution in [2.24, 2.45) is 5.73 Å². The highest BCUT2D eigenvalue weighted by molar-refractivity contribution is 5.87. The largest absolute Gasteiger partial charge is 0.347 e. The molecular formula is C14H16F2N2O. The molecule has 3 aliphatic rings. The molecule has 3 aliphatic carbocycles. The standard InChI is InChI=1S/C14H16F2N2O/c1-12(16,9-4-2-3-5-10(9)15)11(19)18-14-6-13(17,7-14)8-14/h2-5H,6-8,17H2,1H3,(H,18,19). The normalized spacial score (nSPS) is 34.7. The van der Waals surface area contributed by atoms with Crippen LogP contribution in [0.4, 0.5) is 8.78 Å². The van der Waals surface area contributed by atoms with Crippen LogP contribution in [0.1, 0.15) is 31.7 Å². The lowest BCUT2D eigenvalue weighted by Crippen LogP contribution is -2.82. The van der Waals surface area contributed by atoms with E-state index in [1.165, 1.54) is 18.2 Å². The van der Waals surface area contributed by atoms with Crippen molar-refractivity contribution in [1.82, 2.24) is 5.32 Å². The van der Waals surface area contributed by atoms with Crippen LogP contribution in [-0.4, -0.2) is 17.0 Å². The van der Waals surface area contributed by atoms with Gasteiger partial charge in [0, 0.05) is 16.6 Å². The number of nitrogens with one attached hydrogen (secondary N) is 1. The van der Waals surface area contributed by atoms with Crippen molar-refractivity contribution in [3.63, 3.8) is 0 Å². The predicted molar refractivity (Wildman–Crippen MR) is 66.5 cm³/mol. The third-order valence-corrected chi connectivity index (χ3v) is 4.26. The van der Waals surface area contributed by atoms with Crippen LogP contribution in [0.2, 0.25) is 0 Å². The van der Waals surface area contributed by atoms with Crippen molar-refractivity contribution in [2.75, 3.05) is 0 Å². The molecular weight excluding hydrogens is 250 g/mol. The summed E-state index contributed by atoms with van der Waals surface area (Å²) in [5.74, 6) is -1.50. The van der Waals surface area contributed by atoms with Crippen molar-refractivity contribution in [3.05, 3.63) is 35.6 Å². The Balaban J connectivity index is 1.77. The zero-order valence-electron chi connectivity index (χ0n) is 10.7. The summed E-state index contributed by atoms with van der Waals surface area (Å²) in [5.41, 5.74) is 2.76. The van der Waals surface area contributed by atoms with E-state index in [9.17, 15) is 13.6 Å². The zero-order valence-corrected chi connectivity index (χ0v) is 10.7. The highest BCUT2D eigenvalue weighted by atomic mass is 19.1. The highest BCUT2D eigenvalue weighted by Crippen LogP contribution is 2.58. The smallest absolute Gasteiger partial charge is 0.262 e. The first kappa shape index (κ1) is 12.5. The molecule has 5 heteroatoms. The molecule has 3 nitrogen and oxygen atoms in total. The minimum atomic E-state index is -2.37. The molecule has 0 heterocycles. The fourth-order valence-electron chi connectivity index (χ4n) is 3.32. The van der Waals surface area contributed by atoms with Crippen LogP contribution in [0.15, 0.2) is 24.3 Å². The number of carbonyl (C=O) groups excluding carboxylic acids is 1. The van der Waals surface area contributed by atoms with E-state index in [4.69, 9.17) is 5.73 Å². The predicted octanol–water partition coefficient (Wildman–Crippen LogP) is 1.76. The molecule has 1 aromatic carbocycles. The van der Waals surface area contributed by atoms with Crippen molar-refractivity contribution in [3.8, 4) is 0 Å². The molecule has 1 aromatic rings. The van der Waals surface area contributed by atoms with Gasteiger partial charge in [0.2, 0.25) is 5.67 Å². The third-order valence-electron chi connectivity index (χ3n) is 4.26. The summed E-state index contributed by atoms with van der Waals surface area (Å²) in [4.78, 5) is 12.1. The molecule has 4 rings (SSSR count). The lowest BCUT2D eigenvalue weighted by atomic mass is 9.44. The van der Waals surface area contributed by atoms with E-state index in [1.807, 2.05) is 0 Å². The number of hydrogen-bond donors (Lipinski definition) is 2. The highest BCUT2D eigenvalue weighted by Gasteiger charge is 2.67. The molecule has 3 saturated carbocycles. The number of alkyl halides is 1. The Labute approximate surface area is 110 Å². The monoisotopic (exact) mass is 266 g/mol. The Morgan fingerprint density at radius 3 is 2.47 bits per heavy atom. The molecule has 1 amide bonds. The maximum atomic E-state index is 14.6. The van der Waals surface area contributed by atoms with E-state index in [0.29, 0.717) is 19.3 Å². The average molecular weight is 266 g/mol. The van der Waals surface area contributed by atoms with Crippen LogP contribution in [0.5, 0.6) is 0 Å². The molecule has 2 bridgehead atoms. The lowest BCUT2D eigenvalue weighted by Gasteiger charge is -2.69. The van der Waals surface area contributed by atoms with Crippen molar-refractivity contribution >= 4 is 5.91 Å². The lowest BCUT2D eigenvalue weighted by molar-refractivity contribution is -0.147. The Morgan fingerprint density at radius 2 is 1.95 bits per heavy atom. The second-order valence-corrected chi connectivity index (χ2v) is 6.11. The summed E-state index contributed by atoms with van der Waals surface area (Å²) in [5, 5.41) is 2.69. The summed E-state index contributed by atoms with van der Waals surface area (Å²) in [7, 11) is 0. The van der Waals surface area contributed by atoms with Crippen LogP contribution < -0.4 is 11.1 Å². The number of hydrogen-bond acceptors (Lipinski definition) is 2. The summed E-state index contributed by atoms with van der Waals surface area (Å²) in [6.07, 6.45) is 2.04. The second-order valence-electron chi connectivity index (χ2n) is 6.11. The third kappa shape index (κ3) is 1.75. The molecule has 3 fully saturated rings. The van der Waals surface area contributed by atoms with Crippen LogP contribution in [-0.2, 0) is 10.5 Å².